The van der Waals surface area contributed by atoms with Crippen molar-refractivity contribution in [3.05, 3.63) is 36.0 Å². The maximum Gasteiger partial charge on any atom is 0.331 e. The molecular formula is C23H34O7. The van der Waals surface area contributed by atoms with E-state index in [1.54, 1.807) is 6.08 Å². The Morgan fingerprint density at radius 3 is 2.63 bits per heavy atom. The van der Waals surface area contributed by atoms with Gasteiger partial charge in [-0.3, -0.25) is 0 Å². The number of hydrogen-bond acceptors (Lipinski definition) is 7. The summed E-state index contributed by atoms with van der Waals surface area (Å²) in [5.74, 6) is -0.740. The molecule has 30 heavy (non-hydrogen) atoms. The normalized spacial score (nSPS) is 40.0. The summed E-state index contributed by atoms with van der Waals surface area (Å²) in [4.78, 5) is 12.5. The Balaban J connectivity index is 1.85. The van der Waals surface area contributed by atoms with E-state index in [2.05, 4.69) is 13.8 Å². The van der Waals surface area contributed by atoms with Crippen molar-refractivity contribution in [2.45, 2.75) is 77.2 Å². The van der Waals surface area contributed by atoms with Crippen molar-refractivity contribution in [3.63, 3.8) is 0 Å². The highest BCUT2D eigenvalue weighted by Gasteiger charge is 2.68. The fraction of sp³-hybridized carbons (Fsp3) is 0.696. The van der Waals surface area contributed by atoms with E-state index in [9.17, 15) is 25.2 Å². The molecule has 0 aromatic carbocycles. The van der Waals surface area contributed by atoms with Crippen molar-refractivity contribution in [1.82, 2.24) is 0 Å². The highest BCUT2D eigenvalue weighted by atomic mass is 16.6. The van der Waals surface area contributed by atoms with Gasteiger partial charge in [0.25, 0.3) is 0 Å². The second-order valence-electron chi connectivity index (χ2n) is 9.74. The summed E-state index contributed by atoms with van der Waals surface area (Å²) in [7, 11) is 0. The van der Waals surface area contributed by atoms with Crippen molar-refractivity contribution in [1.29, 1.82) is 0 Å². The summed E-state index contributed by atoms with van der Waals surface area (Å²) < 4.78 is 11.2. The van der Waals surface area contributed by atoms with Crippen LogP contribution in [0.2, 0.25) is 0 Å². The van der Waals surface area contributed by atoms with Gasteiger partial charge in [-0.1, -0.05) is 45.4 Å². The largest absolute Gasteiger partial charge is 0.455 e. The number of allylic oxidation sites excluding steroid dienone is 2. The van der Waals surface area contributed by atoms with Crippen LogP contribution in [-0.4, -0.2) is 63.2 Å². The van der Waals surface area contributed by atoms with Gasteiger partial charge in [-0.15, -0.1) is 0 Å². The molecule has 4 N–H and O–H groups in total. The average molecular weight is 423 g/mol. The van der Waals surface area contributed by atoms with Crippen LogP contribution in [0.1, 0.15) is 47.0 Å². The molecule has 1 saturated carbocycles. The first-order valence-electron chi connectivity index (χ1n) is 10.6. The quantitative estimate of drug-likeness (QED) is 0.230. The van der Waals surface area contributed by atoms with E-state index in [1.807, 2.05) is 6.92 Å². The van der Waals surface area contributed by atoms with E-state index < -0.39 is 41.6 Å². The minimum Gasteiger partial charge on any atom is -0.455 e. The van der Waals surface area contributed by atoms with Crippen molar-refractivity contribution in [2.75, 3.05) is 6.61 Å². The minimum absolute atomic E-state index is 0.101. The maximum atomic E-state index is 12.5. The van der Waals surface area contributed by atoms with E-state index in [4.69, 9.17) is 9.47 Å². The lowest BCUT2D eigenvalue weighted by atomic mass is 9.46. The summed E-state index contributed by atoms with van der Waals surface area (Å²) in [5.41, 5.74) is -1.85. The highest BCUT2D eigenvalue weighted by Crippen LogP contribution is 2.63. The van der Waals surface area contributed by atoms with Crippen LogP contribution >= 0.6 is 0 Å². The van der Waals surface area contributed by atoms with Gasteiger partial charge < -0.3 is 29.9 Å². The monoisotopic (exact) mass is 422 g/mol. The number of carbonyl (C=O) groups excluding carboxylic acids is 1. The number of esters is 1. The zero-order chi connectivity index (χ0) is 22.3. The van der Waals surface area contributed by atoms with Crippen molar-refractivity contribution >= 4 is 5.97 Å². The number of carbonyl (C=O) groups is 1. The fourth-order valence-corrected chi connectivity index (χ4v) is 5.74. The highest BCUT2D eigenvalue weighted by molar-refractivity contribution is 5.82. The number of aliphatic hydroxyl groups is 4. The van der Waals surface area contributed by atoms with Gasteiger partial charge in [0.1, 0.15) is 11.7 Å². The van der Waals surface area contributed by atoms with E-state index >= 15 is 0 Å². The lowest BCUT2D eigenvalue weighted by Crippen LogP contribution is -2.65. The first-order valence-corrected chi connectivity index (χ1v) is 10.6. The molecule has 2 fully saturated rings. The third-order valence-electron chi connectivity index (χ3n) is 7.25. The molecule has 2 aliphatic carbocycles. The molecule has 0 aromatic rings. The molecule has 168 valence electrons. The lowest BCUT2D eigenvalue weighted by Gasteiger charge is -2.60. The average Bonchev–Trinajstić information content (AvgIpc) is 2.94. The summed E-state index contributed by atoms with van der Waals surface area (Å²) >= 11 is 0. The Labute approximate surface area is 177 Å². The molecule has 1 heterocycles. The van der Waals surface area contributed by atoms with Crippen LogP contribution in [0.4, 0.5) is 0 Å². The number of rotatable bonds is 5. The Bertz CT molecular complexity index is 753. The topological polar surface area (TPSA) is 116 Å². The van der Waals surface area contributed by atoms with Gasteiger partial charge in [0.05, 0.1) is 18.8 Å². The molecule has 0 aromatic heterocycles. The van der Waals surface area contributed by atoms with Gasteiger partial charge in [-0.2, -0.15) is 0 Å². The van der Waals surface area contributed by atoms with Crippen molar-refractivity contribution in [2.24, 2.45) is 16.7 Å². The van der Waals surface area contributed by atoms with Crippen LogP contribution in [-0.2, 0) is 14.3 Å². The van der Waals surface area contributed by atoms with Gasteiger partial charge in [-0.25, -0.2) is 4.79 Å². The third-order valence-corrected chi connectivity index (χ3v) is 7.25. The molecule has 3 aliphatic rings. The van der Waals surface area contributed by atoms with Crippen molar-refractivity contribution in [3.8, 4) is 0 Å². The van der Waals surface area contributed by atoms with Crippen molar-refractivity contribution < 1.29 is 34.7 Å². The molecule has 0 amide bonds. The molecule has 1 saturated heterocycles. The number of aliphatic hydroxyl groups excluding tert-OH is 3. The molecule has 0 spiro atoms. The second kappa shape index (κ2) is 8.20. The number of hydrogen-bond donors (Lipinski definition) is 4. The van der Waals surface area contributed by atoms with Gasteiger partial charge in [0.2, 0.25) is 0 Å². The second-order valence-corrected chi connectivity index (χ2v) is 9.74. The Morgan fingerprint density at radius 2 is 1.97 bits per heavy atom. The molecule has 7 heteroatoms. The molecule has 0 bridgehead atoms. The maximum absolute atomic E-state index is 12.5. The number of ether oxygens (including phenoxy) is 2. The van der Waals surface area contributed by atoms with E-state index in [0.29, 0.717) is 12.0 Å². The van der Waals surface area contributed by atoms with Crippen LogP contribution < -0.4 is 0 Å². The van der Waals surface area contributed by atoms with E-state index in [-0.39, 0.29) is 17.9 Å². The summed E-state index contributed by atoms with van der Waals surface area (Å²) in [5, 5.41) is 40.8. The SMILES string of the molecule is CC(O)C(O)C=CC=CC(=O)OC1C=C2COC(O)C2(O)C2(C)CCCC(C)(C)C12. The van der Waals surface area contributed by atoms with Crippen LogP contribution in [0.25, 0.3) is 0 Å². The van der Waals surface area contributed by atoms with Gasteiger partial charge in [0.15, 0.2) is 6.29 Å². The Morgan fingerprint density at radius 1 is 1.27 bits per heavy atom. The van der Waals surface area contributed by atoms with Crippen LogP contribution in [0.3, 0.4) is 0 Å². The molecule has 7 nitrogen and oxygen atoms in total. The zero-order valence-electron chi connectivity index (χ0n) is 18.1. The molecule has 3 rings (SSSR count). The predicted octanol–water partition coefficient (Wildman–Crippen LogP) is 1.60. The van der Waals surface area contributed by atoms with Gasteiger partial charge in [-0.05, 0) is 36.8 Å². The minimum atomic E-state index is -1.49. The van der Waals surface area contributed by atoms with Crippen LogP contribution in [0, 0.1) is 16.7 Å². The molecule has 7 unspecified atom stereocenters. The Kier molecular flexibility index (Phi) is 6.33. The molecule has 7 atom stereocenters. The van der Waals surface area contributed by atoms with Crippen LogP contribution in [0.15, 0.2) is 36.0 Å². The summed E-state index contributed by atoms with van der Waals surface area (Å²) in [6.45, 7) is 7.74. The van der Waals surface area contributed by atoms with Crippen LogP contribution in [0.5, 0.6) is 0 Å². The predicted molar refractivity (Wildman–Crippen MR) is 110 cm³/mol. The van der Waals surface area contributed by atoms with Gasteiger partial charge in [0, 0.05) is 17.4 Å². The zero-order valence-corrected chi connectivity index (χ0v) is 18.1. The molecular weight excluding hydrogens is 388 g/mol. The first kappa shape index (κ1) is 23.2. The van der Waals surface area contributed by atoms with E-state index in [1.165, 1.54) is 31.2 Å². The lowest BCUT2D eigenvalue weighted by molar-refractivity contribution is -0.244. The van der Waals surface area contributed by atoms with E-state index in [0.717, 1.165) is 12.8 Å². The fourth-order valence-electron chi connectivity index (χ4n) is 5.74. The molecule has 0 radical (unpaired) electrons. The number of fused-ring (bicyclic) bond motifs is 3. The third kappa shape index (κ3) is 3.78. The summed E-state index contributed by atoms with van der Waals surface area (Å²) in [6, 6.07) is 0. The standard InChI is InChI=1S/C23H34O7/c1-14(24)16(25)8-5-6-9-18(26)30-17-12-15-13-29-20(27)23(15,28)22(4)11-7-10-21(2,3)19(17)22/h5-6,8-9,12,14,16-17,19-20,24-25,27-28H,7,10-11,13H2,1-4H3. The smallest absolute Gasteiger partial charge is 0.331 e. The summed E-state index contributed by atoms with van der Waals surface area (Å²) in [6.07, 6.45) is 6.08. The first-order chi connectivity index (χ1) is 13.9. The Hall–Kier alpha value is -1.51. The van der Waals surface area contributed by atoms with Gasteiger partial charge >= 0.3 is 5.97 Å². The molecule has 1 aliphatic heterocycles.